The minimum absolute atomic E-state index is 0.279. The summed E-state index contributed by atoms with van der Waals surface area (Å²) in [5.41, 5.74) is 6.12. The van der Waals surface area contributed by atoms with Crippen LogP contribution in [-0.2, 0) is 0 Å². The third-order valence-electron chi connectivity index (χ3n) is 1.44. The van der Waals surface area contributed by atoms with E-state index in [9.17, 15) is 0 Å². The molecule has 0 aromatic carbocycles. The Bertz CT molecular complexity index is 391. The molecule has 56 valence electrons. The maximum Gasteiger partial charge on any atom is 0.240 e. The molecule has 0 radical (unpaired) electrons. The van der Waals surface area contributed by atoms with Crippen molar-refractivity contribution >= 4 is 11.6 Å². The van der Waals surface area contributed by atoms with Crippen LogP contribution in [0, 0.1) is 6.92 Å². The number of nitrogens with zero attached hydrogens (tertiary/aromatic N) is 4. The average Bonchev–Trinajstić information content (AvgIpc) is 2.31. The van der Waals surface area contributed by atoms with Gasteiger partial charge in [-0.1, -0.05) is 0 Å². The van der Waals surface area contributed by atoms with Crippen molar-refractivity contribution in [2.24, 2.45) is 0 Å². The number of nitrogen functional groups attached to an aromatic ring is 1. The third-order valence-corrected chi connectivity index (χ3v) is 1.44. The number of aryl methyl sites for hydroxylation is 1. The van der Waals surface area contributed by atoms with Crippen molar-refractivity contribution in [1.29, 1.82) is 0 Å². The second-order valence-electron chi connectivity index (χ2n) is 2.23. The minimum atomic E-state index is 0.279. The van der Waals surface area contributed by atoms with E-state index in [4.69, 9.17) is 5.73 Å². The molecule has 2 rings (SSSR count). The van der Waals surface area contributed by atoms with Crippen LogP contribution in [0.2, 0.25) is 0 Å². The fourth-order valence-electron chi connectivity index (χ4n) is 0.953. The first kappa shape index (κ1) is 6.09. The summed E-state index contributed by atoms with van der Waals surface area (Å²) in [4.78, 5) is 7.99. The molecule has 0 saturated carbocycles. The van der Waals surface area contributed by atoms with Gasteiger partial charge < -0.3 is 5.73 Å². The van der Waals surface area contributed by atoms with Crippen molar-refractivity contribution in [3.8, 4) is 0 Å². The number of hydrogen-bond donors (Lipinski definition) is 1. The van der Waals surface area contributed by atoms with Gasteiger partial charge >= 0.3 is 0 Å². The maximum atomic E-state index is 5.39. The summed E-state index contributed by atoms with van der Waals surface area (Å²) in [6, 6.07) is 1.76. The average molecular weight is 149 g/mol. The highest BCUT2D eigenvalue weighted by molar-refractivity contribution is 5.40. The van der Waals surface area contributed by atoms with E-state index in [0.29, 0.717) is 0 Å². The van der Waals surface area contributed by atoms with Crippen LogP contribution in [0.4, 0.5) is 5.95 Å². The summed E-state index contributed by atoms with van der Waals surface area (Å²) in [6.07, 6.45) is 1.68. The van der Waals surface area contributed by atoms with Crippen LogP contribution >= 0.6 is 0 Å². The van der Waals surface area contributed by atoms with Gasteiger partial charge in [-0.2, -0.15) is 9.50 Å². The molecule has 0 aliphatic heterocycles. The Kier molecular flexibility index (Phi) is 1.06. The van der Waals surface area contributed by atoms with Gasteiger partial charge in [-0.05, 0) is 6.92 Å². The van der Waals surface area contributed by atoms with E-state index in [1.54, 1.807) is 16.8 Å². The van der Waals surface area contributed by atoms with Crippen molar-refractivity contribution in [3.63, 3.8) is 0 Å². The first-order valence-corrected chi connectivity index (χ1v) is 3.21. The van der Waals surface area contributed by atoms with Crippen molar-refractivity contribution in [2.75, 3.05) is 5.73 Å². The van der Waals surface area contributed by atoms with Crippen molar-refractivity contribution in [1.82, 2.24) is 19.6 Å². The highest BCUT2D eigenvalue weighted by Gasteiger charge is 2.00. The van der Waals surface area contributed by atoms with E-state index in [0.717, 1.165) is 11.5 Å². The third kappa shape index (κ3) is 0.813. The number of hydrogen-bond acceptors (Lipinski definition) is 4. The van der Waals surface area contributed by atoms with Crippen LogP contribution < -0.4 is 5.73 Å². The Hall–Kier alpha value is -1.65. The van der Waals surface area contributed by atoms with E-state index < -0.39 is 0 Å². The molecule has 0 unspecified atom stereocenters. The van der Waals surface area contributed by atoms with E-state index >= 15 is 0 Å². The summed E-state index contributed by atoms with van der Waals surface area (Å²) < 4.78 is 1.61. The molecule has 5 heteroatoms. The predicted octanol–water partition coefficient (Wildman–Crippen LogP) is 0.0149. The van der Waals surface area contributed by atoms with E-state index in [1.807, 2.05) is 6.92 Å². The fourth-order valence-corrected chi connectivity index (χ4v) is 0.953. The topological polar surface area (TPSA) is 69.1 Å². The first-order chi connectivity index (χ1) is 5.27. The molecule has 5 nitrogen and oxygen atoms in total. The lowest BCUT2D eigenvalue weighted by atomic mass is 10.6. The van der Waals surface area contributed by atoms with Crippen LogP contribution in [0.15, 0.2) is 12.3 Å². The lowest BCUT2D eigenvalue weighted by Crippen LogP contribution is -1.96. The summed E-state index contributed by atoms with van der Waals surface area (Å²) in [7, 11) is 0. The summed E-state index contributed by atoms with van der Waals surface area (Å²) in [5.74, 6) is 1.06. The van der Waals surface area contributed by atoms with E-state index in [1.165, 1.54) is 0 Å². The quantitative estimate of drug-likeness (QED) is 0.573. The van der Waals surface area contributed by atoms with Crippen LogP contribution in [0.1, 0.15) is 5.82 Å². The molecule has 2 aromatic heterocycles. The normalized spacial score (nSPS) is 10.6. The predicted molar refractivity (Wildman–Crippen MR) is 39.9 cm³/mol. The second kappa shape index (κ2) is 1.91. The van der Waals surface area contributed by atoms with Gasteiger partial charge in [0, 0.05) is 12.3 Å². The minimum Gasteiger partial charge on any atom is -0.366 e. The van der Waals surface area contributed by atoms with E-state index in [2.05, 4.69) is 15.1 Å². The van der Waals surface area contributed by atoms with Crippen LogP contribution in [0.5, 0.6) is 0 Å². The number of fused-ring (bicyclic) bond motifs is 1. The molecule has 2 heterocycles. The Labute approximate surface area is 62.9 Å². The molecule has 0 aliphatic carbocycles. The zero-order chi connectivity index (χ0) is 7.84. The molecule has 0 fully saturated rings. The summed E-state index contributed by atoms with van der Waals surface area (Å²) in [5, 5.41) is 3.93. The Morgan fingerprint density at radius 3 is 3.09 bits per heavy atom. The van der Waals surface area contributed by atoms with Gasteiger partial charge in [-0.15, -0.1) is 5.10 Å². The summed E-state index contributed by atoms with van der Waals surface area (Å²) >= 11 is 0. The highest BCUT2D eigenvalue weighted by Crippen LogP contribution is 2.01. The van der Waals surface area contributed by atoms with Gasteiger partial charge in [0.1, 0.15) is 5.82 Å². The van der Waals surface area contributed by atoms with Crippen LogP contribution in [-0.4, -0.2) is 19.6 Å². The Balaban J connectivity index is 2.90. The van der Waals surface area contributed by atoms with Gasteiger partial charge in [0.15, 0.2) is 5.65 Å². The van der Waals surface area contributed by atoms with Crippen LogP contribution in [0.25, 0.3) is 5.65 Å². The molecule has 11 heavy (non-hydrogen) atoms. The van der Waals surface area contributed by atoms with Gasteiger partial charge in [-0.25, -0.2) is 4.98 Å². The summed E-state index contributed by atoms with van der Waals surface area (Å²) in [6.45, 7) is 1.85. The molecule has 0 aliphatic rings. The molecule has 0 saturated heterocycles. The molecule has 0 atom stereocenters. The van der Waals surface area contributed by atoms with Crippen LogP contribution in [0.3, 0.4) is 0 Å². The lowest BCUT2D eigenvalue weighted by Gasteiger charge is -1.92. The Morgan fingerprint density at radius 2 is 2.36 bits per heavy atom. The highest BCUT2D eigenvalue weighted by atomic mass is 15.3. The smallest absolute Gasteiger partial charge is 0.240 e. The molecule has 0 spiro atoms. The first-order valence-electron chi connectivity index (χ1n) is 3.21. The second-order valence-corrected chi connectivity index (χ2v) is 2.23. The number of rotatable bonds is 0. The molecular weight excluding hydrogens is 142 g/mol. The number of anilines is 1. The monoisotopic (exact) mass is 149 g/mol. The zero-order valence-electron chi connectivity index (χ0n) is 6.02. The number of nitrogens with two attached hydrogens (primary N) is 1. The molecular formula is C6H7N5. The fraction of sp³-hybridized carbons (Fsp3) is 0.167. The molecule has 2 aromatic rings. The molecule has 0 amide bonds. The van der Waals surface area contributed by atoms with Crippen molar-refractivity contribution < 1.29 is 0 Å². The van der Waals surface area contributed by atoms with Gasteiger partial charge in [0.25, 0.3) is 0 Å². The van der Waals surface area contributed by atoms with Gasteiger partial charge in [0.05, 0.1) is 0 Å². The Morgan fingerprint density at radius 1 is 1.55 bits per heavy atom. The number of aromatic nitrogens is 4. The largest absolute Gasteiger partial charge is 0.366 e. The molecule has 2 N–H and O–H groups in total. The molecule has 0 bridgehead atoms. The standard InChI is InChI=1S/C6H7N5/c1-4-8-3-2-5-9-6(7)10-11(4)5/h2-3H,1H3,(H2,7,10). The van der Waals surface area contributed by atoms with Crippen molar-refractivity contribution in [2.45, 2.75) is 6.92 Å². The SMILES string of the molecule is Cc1nccc2nc(N)nn12. The maximum absolute atomic E-state index is 5.39. The van der Waals surface area contributed by atoms with Gasteiger partial charge in [-0.3, -0.25) is 0 Å². The van der Waals surface area contributed by atoms with Gasteiger partial charge in [0.2, 0.25) is 5.95 Å². The van der Waals surface area contributed by atoms with Crippen molar-refractivity contribution in [3.05, 3.63) is 18.1 Å². The zero-order valence-corrected chi connectivity index (χ0v) is 6.02. The van der Waals surface area contributed by atoms with E-state index in [-0.39, 0.29) is 5.95 Å². The lowest BCUT2D eigenvalue weighted by molar-refractivity contribution is 0.867.